The zero-order valence-electron chi connectivity index (χ0n) is 6.68. The summed E-state index contributed by atoms with van der Waals surface area (Å²) in [6, 6.07) is -0.121. The van der Waals surface area contributed by atoms with Gasteiger partial charge in [0.1, 0.15) is 5.03 Å². The third-order valence-corrected chi connectivity index (χ3v) is 2.79. The number of carbonyl (C=O) groups excluding carboxylic acids is 1. The van der Waals surface area contributed by atoms with Crippen molar-refractivity contribution in [3.8, 4) is 0 Å². The van der Waals surface area contributed by atoms with E-state index in [2.05, 4.69) is 6.58 Å². The lowest BCUT2D eigenvalue weighted by Gasteiger charge is -2.19. The molecule has 0 aromatic heterocycles. The molecule has 1 aliphatic rings. The average Bonchev–Trinajstić information content (AvgIpc) is 2.23. The van der Waals surface area contributed by atoms with E-state index in [4.69, 9.17) is 23.2 Å². The first-order valence-corrected chi connectivity index (χ1v) is 4.32. The number of amides is 1. The largest absolute Gasteiger partial charge is 0.326 e. The summed E-state index contributed by atoms with van der Waals surface area (Å²) in [6.45, 7) is 5.86. The minimum atomic E-state index is -0.214. The number of rotatable bonds is 2. The predicted molar refractivity (Wildman–Crippen MR) is 50.1 cm³/mol. The summed E-state index contributed by atoms with van der Waals surface area (Å²) < 4.78 is 0. The van der Waals surface area contributed by atoms with E-state index in [1.165, 1.54) is 0 Å². The summed E-state index contributed by atoms with van der Waals surface area (Å²) in [4.78, 5) is 12.9. The van der Waals surface area contributed by atoms with Crippen LogP contribution in [0.25, 0.3) is 0 Å². The second-order valence-corrected chi connectivity index (χ2v) is 3.37. The van der Waals surface area contributed by atoms with Gasteiger partial charge >= 0.3 is 0 Å². The van der Waals surface area contributed by atoms with Gasteiger partial charge in [-0.25, -0.2) is 0 Å². The van der Waals surface area contributed by atoms with Gasteiger partial charge in [0.2, 0.25) is 0 Å². The van der Waals surface area contributed by atoms with Gasteiger partial charge in [0, 0.05) is 6.54 Å². The maximum atomic E-state index is 11.3. The molecule has 1 unspecified atom stereocenters. The molecule has 1 rings (SSSR count). The summed E-state index contributed by atoms with van der Waals surface area (Å²) in [5.41, 5.74) is 0. The highest BCUT2D eigenvalue weighted by Crippen LogP contribution is 2.30. The zero-order valence-corrected chi connectivity index (χ0v) is 8.19. The summed E-state index contributed by atoms with van der Waals surface area (Å²) in [6.07, 6.45) is 1.65. The molecule has 0 aliphatic carbocycles. The highest BCUT2D eigenvalue weighted by atomic mass is 35.5. The van der Waals surface area contributed by atoms with Gasteiger partial charge < -0.3 is 4.90 Å². The molecule has 66 valence electrons. The lowest BCUT2D eigenvalue weighted by Crippen LogP contribution is -2.33. The predicted octanol–water partition coefficient (Wildman–Crippen LogP) is 2.09. The van der Waals surface area contributed by atoms with Gasteiger partial charge in [0.25, 0.3) is 5.91 Å². The van der Waals surface area contributed by atoms with E-state index < -0.39 is 0 Å². The highest BCUT2D eigenvalue weighted by Gasteiger charge is 2.33. The Hall–Kier alpha value is -0.470. The molecule has 0 radical (unpaired) electrons. The molecule has 4 heteroatoms. The van der Waals surface area contributed by atoms with E-state index >= 15 is 0 Å². The van der Waals surface area contributed by atoms with Gasteiger partial charge in [-0.1, -0.05) is 29.3 Å². The van der Waals surface area contributed by atoms with Gasteiger partial charge in [-0.2, -0.15) is 0 Å². The van der Waals surface area contributed by atoms with Crippen molar-refractivity contribution in [3.05, 3.63) is 22.7 Å². The van der Waals surface area contributed by atoms with Crippen molar-refractivity contribution in [2.75, 3.05) is 6.54 Å². The Morgan fingerprint density at radius 1 is 1.67 bits per heavy atom. The fraction of sp³-hybridized carbons (Fsp3) is 0.375. The Labute approximate surface area is 81.4 Å². The number of hydrogen-bond acceptors (Lipinski definition) is 1. The summed E-state index contributed by atoms with van der Waals surface area (Å²) in [7, 11) is 0. The number of nitrogens with zero attached hydrogens (tertiary/aromatic N) is 1. The molecule has 0 spiro atoms. The van der Waals surface area contributed by atoms with Crippen molar-refractivity contribution in [3.63, 3.8) is 0 Å². The van der Waals surface area contributed by atoms with Crippen LogP contribution in [0.3, 0.4) is 0 Å². The molecule has 0 fully saturated rings. The Bertz CT molecular complexity index is 260. The summed E-state index contributed by atoms with van der Waals surface area (Å²) in [5, 5.41) is 0.550. The molecule has 0 saturated heterocycles. The molecule has 0 aromatic rings. The lowest BCUT2D eigenvalue weighted by molar-refractivity contribution is -0.125. The minimum Gasteiger partial charge on any atom is -0.326 e. The van der Waals surface area contributed by atoms with Gasteiger partial charge in [-0.15, -0.1) is 6.58 Å². The van der Waals surface area contributed by atoms with Crippen LogP contribution in [0.2, 0.25) is 0 Å². The molecule has 0 aromatic carbocycles. The molecule has 0 bridgehead atoms. The quantitative estimate of drug-likeness (QED) is 0.633. The van der Waals surface area contributed by atoms with E-state index in [-0.39, 0.29) is 17.0 Å². The average molecular weight is 206 g/mol. The third-order valence-electron chi connectivity index (χ3n) is 1.82. The van der Waals surface area contributed by atoms with Crippen molar-refractivity contribution in [2.45, 2.75) is 13.0 Å². The van der Waals surface area contributed by atoms with Crippen LogP contribution in [0.4, 0.5) is 0 Å². The monoisotopic (exact) mass is 205 g/mol. The van der Waals surface area contributed by atoms with Crippen LogP contribution >= 0.6 is 23.2 Å². The third kappa shape index (κ3) is 1.37. The van der Waals surface area contributed by atoms with E-state index in [0.29, 0.717) is 11.6 Å². The molecule has 1 atom stereocenters. The van der Waals surface area contributed by atoms with Gasteiger partial charge in [0.15, 0.2) is 0 Å². The van der Waals surface area contributed by atoms with Crippen LogP contribution in [0.15, 0.2) is 22.7 Å². The topological polar surface area (TPSA) is 20.3 Å². The molecular formula is C8H9Cl2NO. The molecular weight excluding hydrogens is 197 g/mol. The van der Waals surface area contributed by atoms with Gasteiger partial charge in [0.05, 0.1) is 11.1 Å². The van der Waals surface area contributed by atoms with Crippen LogP contribution in [-0.4, -0.2) is 23.4 Å². The Balaban J connectivity index is 2.87. The lowest BCUT2D eigenvalue weighted by atomic mass is 10.3. The number of halogens is 2. The summed E-state index contributed by atoms with van der Waals surface area (Å²) >= 11 is 11.4. The second kappa shape index (κ2) is 3.50. The van der Waals surface area contributed by atoms with Gasteiger partial charge in [-0.3, -0.25) is 4.79 Å². The number of carbonyl (C=O) groups is 1. The normalized spacial score (nSPS) is 23.8. The van der Waals surface area contributed by atoms with Crippen molar-refractivity contribution in [1.82, 2.24) is 4.90 Å². The van der Waals surface area contributed by atoms with E-state index in [1.54, 1.807) is 11.0 Å². The first kappa shape index (κ1) is 9.62. The van der Waals surface area contributed by atoms with E-state index in [0.717, 1.165) is 0 Å². The van der Waals surface area contributed by atoms with Crippen LogP contribution in [0.5, 0.6) is 0 Å². The summed E-state index contributed by atoms with van der Waals surface area (Å²) in [5.74, 6) is -0.214. The van der Waals surface area contributed by atoms with Crippen molar-refractivity contribution in [1.29, 1.82) is 0 Å². The Morgan fingerprint density at radius 2 is 2.25 bits per heavy atom. The smallest absolute Gasteiger partial charge is 0.267 e. The SMILES string of the molecule is C=CCN1C(=O)C(Cl)=C(Cl)C1C. The Kier molecular flexibility index (Phi) is 2.80. The van der Waals surface area contributed by atoms with Crippen LogP contribution < -0.4 is 0 Å². The number of hydrogen-bond donors (Lipinski definition) is 0. The fourth-order valence-corrected chi connectivity index (χ4v) is 1.57. The van der Waals surface area contributed by atoms with Crippen LogP contribution in [0, 0.1) is 0 Å². The molecule has 1 amide bonds. The van der Waals surface area contributed by atoms with Gasteiger partial charge in [-0.05, 0) is 6.92 Å². The molecule has 0 N–H and O–H groups in total. The molecule has 0 saturated carbocycles. The first-order chi connectivity index (χ1) is 5.59. The van der Waals surface area contributed by atoms with Crippen molar-refractivity contribution in [2.24, 2.45) is 0 Å². The van der Waals surface area contributed by atoms with Crippen molar-refractivity contribution < 1.29 is 4.79 Å². The van der Waals surface area contributed by atoms with E-state index in [1.807, 2.05) is 6.92 Å². The standard InChI is InChI=1S/C8H9Cl2NO/c1-3-4-11-5(2)6(9)7(10)8(11)12/h3,5H,1,4H2,2H3. The second-order valence-electron chi connectivity index (χ2n) is 2.58. The maximum absolute atomic E-state index is 11.3. The first-order valence-electron chi connectivity index (χ1n) is 3.56. The molecule has 12 heavy (non-hydrogen) atoms. The zero-order chi connectivity index (χ0) is 9.30. The highest BCUT2D eigenvalue weighted by molar-refractivity contribution is 6.49. The Morgan fingerprint density at radius 3 is 2.58 bits per heavy atom. The molecule has 1 aliphatic heterocycles. The molecule has 1 heterocycles. The minimum absolute atomic E-state index is 0.121. The maximum Gasteiger partial charge on any atom is 0.267 e. The van der Waals surface area contributed by atoms with E-state index in [9.17, 15) is 4.79 Å². The fourth-order valence-electron chi connectivity index (χ4n) is 1.10. The van der Waals surface area contributed by atoms with Crippen LogP contribution in [0.1, 0.15) is 6.92 Å². The van der Waals surface area contributed by atoms with Crippen molar-refractivity contribution >= 4 is 29.1 Å². The molecule has 2 nitrogen and oxygen atoms in total. The van der Waals surface area contributed by atoms with Crippen LogP contribution in [-0.2, 0) is 4.79 Å².